The Kier molecular flexibility index (Phi) is 7.50. The van der Waals surface area contributed by atoms with Crippen LogP contribution < -0.4 is 5.32 Å². The molecule has 0 spiro atoms. The average Bonchev–Trinajstić information content (AvgIpc) is 2.60. The van der Waals surface area contributed by atoms with Gasteiger partial charge in [-0.2, -0.15) is 0 Å². The fourth-order valence-corrected chi connectivity index (χ4v) is 3.27. The van der Waals surface area contributed by atoms with Crippen LogP contribution in [-0.2, 0) is 14.3 Å². The maximum absolute atomic E-state index is 12.1. The largest absolute Gasteiger partial charge is 0.455 e. The van der Waals surface area contributed by atoms with Crippen LogP contribution in [0.2, 0.25) is 5.15 Å². The minimum atomic E-state index is -0.408. The molecule has 0 saturated heterocycles. The second-order valence-corrected chi connectivity index (χ2v) is 6.72. The molecule has 24 heavy (non-hydrogen) atoms. The number of nitrogens with zero attached hydrogens (tertiary/aromatic N) is 1. The second-order valence-electron chi connectivity index (χ2n) is 6.36. The lowest BCUT2D eigenvalue weighted by Crippen LogP contribution is -2.27. The summed E-state index contributed by atoms with van der Waals surface area (Å²) in [5, 5.41) is 2.80. The Morgan fingerprint density at radius 3 is 2.75 bits per heavy atom. The lowest BCUT2D eigenvalue weighted by molar-refractivity contribution is -0.152. The number of amides is 1. The van der Waals surface area contributed by atoms with Crippen LogP contribution in [0.5, 0.6) is 0 Å². The van der Waals surface area contributed by atoms with E-state index in [9.17, 15) is 9.59 Å². The molecule has 5 nitrogen and oxygen atoms in total. The zero-order valence-corrected chi connectivity index (χ0v) is 14.8. The van der Waals surface area contributed by atoms with Gasteiger partial charge in [-0.05, 0) is 43.7 Å². The number of ether oxygens (including phenoxy) is 1. The molecule has 2 rings (SSSR count). The van der Waals surface area contributed by atoms with E-state index in [0.717, 1.165) is 31.6 Å². The number of hydrogen-bond donors (Lipinski definition) is 1. The van der Waals surface area contributed by atoms with Gasteiger partial charge in [0.15, 0.2) is 11.8 Å². The summed E-state index contributed by atoms with van der Waals surface area (Å²) in [6.45, 7) is 1.91. The van der Waals surface area contributed by atoms with Gasteiger partial charge in [0.25, 0.3) is 5.91 Å². The van der Waals surface area contributed by atoms with E-state index in [0.29, 0.717) is 5.69 Å². The Bertz CT molecular complexity index is 557. The van der Waals surface area contributed by atoms with E-state index in [1.165, 1.54) is 25.5 Å². The normalized spacial score (nSPS) is 20.4. The van der Waals surface area contributed by atoms with Crippen LogP contribution in [0.15, 0.2) is 18.3 Å². The van der Waals surface area contributed by atoms with Crippen molar-refractivity contribution in [1.29, 1.82) is 0 Å². The molecule has 132 valence electrons. The molecule has 6 heteroatoms. The number of carbonyl (C=O) groups excluding carboxylic acids is 2. The van der Waals surface area contributed by atoms with Crippen LogP contribution in [0.3, 0.4) is 0 Å². The van der Waals surface area contributed by atoms with Crippen molar-refractivity contribution in [2.24, 2.45) is 11.8 Å². The van der Waals surface area contributed by atoms with E-state index in [1.54, 1.807) is 12.1 Å². The van der Waals surface area contributed by atoms with Crippen molar-refractivity contribution >= 4 is 29.2 Å². The quantitative estimate of drug-likeness (QED) is 0.589. The van der Waals surface area contributed by atoms with Crippen LogP contribution in [0, 0.1) is 11.8 Å². The third-order valence-electron chi connectivity index (χ3n) is 4.52. The number of anilines is 1. The summed E-state index contributed by atoms with van der Waals surface area (Å²) < 4.78 is 5.16. The highest BCUT2D eigenvalue weighted by molar-refractivity contribution is 6.32. The molecule has 0 aromatic carbocycles. The van der Waals surface area contributed by atoms with Crippen molar-refractivity contribution in [2.45, 2.75) is 51.9 Å². The molecule has 1 amide bonds. The second kappa shape index (κ2) is 9.62. The smallest absolute Gasteiger partial charge is 0.309 e. The number of aromatic nitrogens is 1. The molecule has 0 aliphatic heterocycles. The van der Waals surface area contributed by atoms with Gasteiger partial charge in [0.2, 0.25) is 0 Å². The monoisotopic (exact) mass is 352 g/mol. The molecule has 1 N–H and O–H groups in total. The summed E-state index contributed by atoms with van der Waals surface area (Å²) in [7, 11) is 0. The van der Waals surface area contributed by atoms with Crippen LogP contribution >= 0.6 is 11.6 Å². The summed E-state index contributed by atoms with van der Waals surface area (Å²) in [4.78, 5) is 27.8. The van der Waals surface area contributed by atoms with Crippen LogP contribution in [-0.4, -0.2) is 23.5 Å². The predicted octanol–water partition coefficient (Wildman–Crippen LogP) is 4.21. The standard InChI is InChI=1S/C18H25ClN2O3/c1-2-3-5-13-7-9-14(10-8-13)18(23)24-12-16(22)21-15-6-4-11-20-17(15)19/h4,6,11,13-14H,2-3,5,7-10,12H2,1H3,(H,21,22). The fraction of sp³-hybridized carbons (Fsp3) is 0.611. The van der Waals surface area contributed by atoms with Crippen LogP contribution in [0.1, 0.15) is 51.9 Å². The van der Waals surface area contributed by atoms with Gasteiger partial charge in [0, 0.05) is 6.20 Å². The fourth-order valence-electron chi connectivity index (χ4n) is 3.10. The van der Waals surface area contributed by atoms with E-state index in [2.05, 4.69) is 17.2 Å². The van der Waals surface area contributed by atoms with Crippen molar-refractivity contribution in [3.63, 3.8) is 0 Å². The molecular formula is C18H25ClN2O3. The van der Waals surface area contributed by atoms with E-state index < -0.39 is 5.91 Å². The summed E-state index contributed by atoms with van der Waals surface area (Å²) in [5.41, 5.74) is 0.414. The third kappa shape index (κ3) is 5.78. The third-order valence-corrected chi connectivity index (χ3v) is 4.83. The zero-order chi connectivity index (χ0) is 17.4. The molecule has 0 radical (unpaired) electrons. The molecule has 1 saturated carbocycles. The topological polar surface area (TPSA) is 68.3 Å². The number of unbranched alkanes of at least 4 members (excludes halogenated alkanes) is 1. The maximum atomic E-state index is 12.1. The highest BCUT2D eigenvalue weighted by atomic mass is 35.5. The summed E-state index contributed by atoms with van der Waals surface area (Å²) >= 11 is 5.87. The van der Waals surface area contributed by atoms with Crippen molar-refractivity contribution in [2.75, 3.05) is 11.9 Å². The molecule has 1 aromatic rings. The van der Waals surface area contributed by atoms with Gasteiger partial charge in [0.1, 0.15) is 0 Å². The zero-order valence-electron chi connectivity index (χ0n) is 14.1. The number of halogens is 1. The first-order valence-electron chi connectivity index (χ1n) is 8.67. The Hall–Kier alpha value is -1.62. The minimum absolute atomic E-state index is 0.0716. The summed E-state index contributed by atoms with van der Waals surface area (Å²) in [6.07, 6.45) is 9.16. The lowest BCUT2D eigenvalue weighted by atomic mass is 9.80. The van der Waals surface area contributed by atoms with Crippen molar-refractivity contribution in [1.82, 2.24) is 4.98 Å². The molecule has 0 atom stereocenters. The SMILES string of the molecule is CCCCC1CCC(C(=O)OCC(=O)Nc2cccnc2Cl)CC1. The van der Waals surface area contributed by atoms with Gasteiger partial charge < -0.3 is 10.1 Å². The van der Waals surface area contributed by atoms with E-state index in [-0.39, 0.29) is 23.6 Å². The molecular weight excluding hydrogens is 328 g/mol. The Morgan fingerprint density at radius 1 is 1.33 bits per heavy atom. The van der Waals surface area contributed by atoms with Crippen molar-refractivity contribution in [3.8, 4) is 0 Å². The van der Waals surface area contributed by atoms with Crippen LogP contribution in [0.25, 0.3) is 0 Å². The molecule has 1 aliphatic carbocycles. The van der Waals surface area contributed by atoms with Crippen molar-refractivity contribution < 1.29 is 14.3 Å². The highest BCUT2D eigenvalue weighted by Crippen LogP contribution is 2.32. The molecule has 1 aliphatic rings. The molecule has 0 unspecified atom stereocenters. The van der Waals surface area contributed by atoms with E-state index in [4.69, 9.17) is 16.3 Å². The van der Waals surface area contributed by atoms with Gasteiger partial charge in [-0.15, -0.1) is 0 Å². The predicted molar refractivity (Wildman–Crippen MR) is 93.8 cm³/mol. The van der Waals surface area contributed by atoms with Gasteiger partial charge in [-0.3, -0.25) is 9.59 Å². The number of esters is 1. The number of nitrogens with one attached hydrogen (secondary N) is 1. The number of pyridine rings is 1. The molecule has 1 heterocycles. The first-order valence-corrected chi connectivity index (χ1v) is 9.05. The Balaban J connectivity index is 1.70. The van der Waals surface area contributed by atoms with E-state index >= 15 is 0 Å². The van der Waals surface area contributed by atoms with Gasteiger partial charge in [-0.25, -0.2) is 4.98 Å². The number of carbonyl (C=O) groups is 2. The van der Waals surface area contributed by atoms with Crippen LogP contribution in [0.4, 0.5) is 5.69 Å². The minimum Gasteiger partial charge on any atom is -0.455 e. The Labute approximate surface area is 148 Å². The highest BCUT2D eigenvalue weighted by Gasteiger charge is 2.27. The first-order chi connectivity index (χ1) is 11.6. The van der Waals surface area contributed by atoms with Gasteiger partial charge in [-0.1, -0.05) is 37.8 Å². The lowest BCUT2D eigenvalue weighted by Gasteiger charge is -2.27. The van der Waals surface area contributed by atoms with E-state index in [1.807, 2.05) is 0 Å². The number of hydrogen-bond acceptors (Lipinski definition) is 4. The molecule has 1 fully saturated rings. The van der Waals surface area contributed by atoms with Crippen molar-refractivity contribution in [3.05, 3.63) is 23.5 Å². The Morgan fingerprint density at radius 2 is 2.08 bits per heavy atom. The average molecular weight is 353 g/mol. The first kappa shape index (κ1) is 18.7. The summed E-state index contributed by atoms with van der Waals surface area (Å²) in [5.74, 6) is -0.00562. The summed E-state index contributed by atoms with van der Waals surface area (Å²) in [6, 6.07) is 3.32. The van der Waals surface area contributed by atoms with Gasteiger partial charge in [0.05, 0.1) is 11.6 Å². The molecule has 0 bridgehead atoms. The molecule has 1 aromatic heterocycles. The van der Waals surface area contributed by atoms with Gasteiger partial charge >= 0.3 is 5.97 Å². The number of rotatable bonds is 7. The maximum Gasteiger partial charge on any atom is 0.309 e.